The van der Waals surface area contributed by atoms with Gasteiger partial charge in [0.15, 0.2) is 0 Å². The molecule has 0 saturated carbocycles. The van der Waals surface area contributed by atoms with Crippen LogP contribution in [0.15, 0.2) is 29.5 Å². The molecule has 1 aromatic rings. The molecule has 1 rings (SSSR count). The lowest BCUT2D eigenvalue weighted by Gasteiger charge is -1.92. The Balaban J connectivity index is 2.68. The normalized spacial score (nSPS) is 9.92. The van der Waals surface area contributed by atoms with Crippen molar-refractivity contribution >= 4 is 6.08 Å². The highest BCUT2D eigenvalue weighted by Gasteiger charge is 1.95. The molecule has 0 unspecified atom stereocenters. The highest BCUT2D eigenvalue weighted by Crippen LogP contribution is 2.04. The van der Waals surface area contributed by atoms with E-state index in [0.29, 0.717) is 5.56 Å². The molecule has 0 saturated heterocycles. The van der Waals surface area contributed by atoms with Crippen molar-refractivity contribution < 1.29 is 4.39 Å². The zero-order chi connectivity index (χ0) is 9.52. The number of pyridine rings is 1. The van der Waals surface area contributed by atoms with Crippen molar-refractivity contribution in [2.75, 3.05) is 6.54 Å². The molecule has 0 N–H and O–H groups in total. The molecule has 0 atom stereocenters. The fourth-order valence-corrected chi connectivity index (χ4v) is 0.786. The van der Waals surface area contributed by atoms with Crippen LogP contribution in [0.5, 0.6) is 0 Å². The highest BCUT2D eigenvalue weighted by atomic mass is 19.1. The first-order chi connectivity index (χ1) is 6.34. The second-order valence-electron chi connectivity index (χ2n) is 2.20. The molecule has 0 aliphatic rings. The van der Waals surface area contributed by atoms with Gasteiger partial charge in [0.1, 0.15) is 0 Å². The van der Waals surface area contributed by atoms with Crippen LogP contribution in [-0.2, 0) is 0 Å². The minimum absolute atomic E-state index is 0.213. The van der Waals surface area contributed by atoms with Crippen molar-refractivity contribution in [3.05, 3.63) is 46.4 Å². The Morgan fingerprint density at radius 3 is 3.23 bits per heavy atom. The summed E-state index contributed by atoms with van der Waals surface area (Å²) >= 11 is 0. The van der Waals surface area contributed by atoms with Crippen LogP contribution in [0.3, 0.4) is 0 Å². The van der Waals surface area contributed by atoms with Crippen LogP contribution in [-0.4, -0.2) is 11.5 Å². The Morgan fingerprint density at radius 1 is 1.69 bits per heavy atom. The van der Waals surface area contributed by atoms with Crippen molar-refractivity contribution in [3.8, 4) is 0 Å². The van der Waals surface area contributed by atoms with Gasteiger partial charge in [-0.3, -0.25) is 0 Å². The number of nitrogens with zero attached hydrogens (tertiary/aromatic N) is 4. The molecular formula is C8H7FN4. The quantitative estimate of drug-likeness (QED) is 0.303. The lowest BCUT2D eigenvalue weighted by molar-refractivity contribution is 0.581. The van der Waals surface area contributed by atoms with E-state index >= 15 is 0 Å². The summed E-state index contributed by atoms with van der Waals surface area (Å²) in [5, 5.41) is 3.27. The van der Waals surface area contributed by atoms with Crippen LogP contribution in [0, 0.1) is 5.95 Å². The van der Waals surface area contributed by atoms with E-state index in [1.54, 1.807) is 18.2 Å². The van der Waals surface area contributed by atoms with E-state index in [1.165, 1.54) is 12.3 Å². The van der Waals surface area contributed by atoms with Crippen LogP contribution in [0.2, 0.25) is 0 Å². The van der Waals surface area contributed by atoms with Crippen LogP contribution < -0.4 is 0 Å². The summed E-state index contributed by atoms with van der Waals surface area (Å²) in [6.45, 7) is 0.213. The van der Waals surface area contributed by atoms with Gasteiger partial charge in [-0.2, -0.15) is 4.39 Å². The Hall–Kier alpha value is -1.87. The van der Waals surface area contributed by atoms with E-state index in [1.807, 2.05) is 0 Å². The Bertz CT molecular complexity index is 355. The molecule has 0 aliphatic heterocycles. The minimum atomic E-state index is -0.528. The second-order valence-corrected chi connectivity index (χ2v) is 2.20. The molecule has 5 heteroatoms. The van der Waals surface area contributed by atoms with Gasteiger partial charge in [-0.25, -0.2) is 4.98 Å². The van der Waals surface area contributed by atoms with Gasteiger partial charge in [0, 0.05) is 23.2 Å². The van der Waals surface area contributed by atoms with Gasteiger partial charge in [-0.05, 0) is 17.7 Å². The van der Waals surface area contributed by atoms with E-state index in [-0.39, 0.29) is 6.54 Å². The first kappa shape index (κ1) is 9.22. The number of hydrogen-bond donors (Lipinski definition) is 0. The van der Waals surface area contributed by atoms with Gasteiger partial charge < -0.3 is 0 Å². The summed E-state index contributed by atoms with van der Waals surface area (Å²) in [6, 6.07) is 3.23. The summed E-state index contributed by atoms with van der Waals surface area (Å²) in [5.41, 5.74) is 8.34. The Morgan fingerprint density at radius 2 is 2.54 bits per heavy atom. The molecular weight excluding hydrogens is 171 g/mol. The number of aromatic nitrogens is 1. The Labute approximate surface area is 74.4 Å². The number of hydrogen-bond acceptors (Lipinski definition) is 2. The van der Waals surface area contributed by atoms with Crippen molar-refractivity contribution in [2.45, 2.75) is 0 Å². The molecule has 0 radical (unpaired) electrons. The summed E-state index contributed by atoms with van der Waals surface area (Å²) in [6.07, 6.45) is 4.47. The van der Waals surface area contributed by atoms with E-state index in [2.05, 4.69) is 15.0 Å². The smallest absolute Gasteiger partial charge is 0.220 e. The van der Waals surface area contributed by atoms with E-state index in [4.69, 9.17) is 5.53 Å². The molecule has 1 aromatic heterocycles. The molecule has 0 bridgehead atoms. The van der Waals surface area contributed by atoms with E-state index in [0.717, 1.165) is 0 Å². The Kier molecular flexibility index (Phi) is 3.47. The maximum Gasteiger partial charge on any atom is 0.220 e. The van der Waals surface area contributed by atoms with E-state index in [9.17, 15) is 4.39 Å². The SMILES string of the molecule is [N-]=[N+]=NCC=Cc1cccnc1F. The lowest BCUT2D eigenvalue weighted by atomic mass is 10.2. The number of halogens is 1. The molecule has 0 aromatic carbocycles. The highest BCUT2D eigenvalue weighted by molar-refractivity contribution is 5.48. The summed E-state index contributed by atoms with van der Waals surface area (Å²) in [4.78, 5) is 6.01. The molecule has 0 amide bonds. The van der Waals surface area contributed by atoms with Crippen molar-refractivity contribution in [2.24, 2.45) is 5.11 Å². The third-order valence-corrected chi connectivity index (χ3v) is 1.34. The second kappa shape index (κ2) is 4.90. The average molecular weight is 178 g/mol. The summed E-state index contributed by atoms with van der Waals surface area (Å²) < 4.78 is 12.8. The van der Waals surface area contributed by atoms with Crippen LogP contribution in [0.1, 0.15) is 5.56 Å². The average Bonchev–Trinajstić information content (AvgIpc) is 2.15. The van der Waals surface area contributed by atoms with Gasteiger partial charge in [-0.1, -0.05) is 17.3 Å². The standard InChI is InChI=1S/C8H7FN4/c9-8-7(3-1-5-11-8)4-2-6-12-13-10/h1-5H,6H2. The molecule has 66 valence electrons. The van der Waals surface area contributed by atoms with Gasteiger partial charge in [-0.15, -0.1) is 0 Å². The van der Waals surface area contributed by atoms with Crippen LogP contribution in [0.25, 0.3) is 16.5 Å². The topological polar surface area (TPSA) is 61.7 Å². The zero-order valence-corrected chi connectivity index (χ0v) is 6.76. The van der Waals surface area contributed by atoms with Gasteiger partial charge in [0.25, 0.3) is 0 Å². The monoisotopic (exact) mass is 178 g/mol. The van der Waals surface area contributed by atoms with Crippen LogP contribution in [0.4, 0.5) is 4.39 Å². The lowest BCUT2D eigenvalue weighted by Crippen LogP contribution is -1.85. The third kappa shape index (κ3) is 2.92. The predicted molar refractivity (Wildman–Crippen MR) is 47.2 cm³/mol. The largest absolute Gasteiger partial charge is 0.228 e. The van der Waals surface area contributed by atoms with Crippen molar-refractivity contribution in [1.82, 2.24) is 4.98 Å². The first-order valence-electron chi connectivity index (χ1n) is 3.62. The van der Waals surface area contributed by atoms with Crippen LogP contribution >= 0.6 is 0 Å². The molecule has 4 nitrogen and oxygen atoms in total. The molecule has 0 fully saturated rings. The minimum Gasteiger partial charge on any atom is -0.228 e. The summed E-state index contributed by atoms with van der Waals surface area (Å²) in [7, 11) is 0. The zero-order valence-electron chi connectivity index (χ0n) is 6.76. The fourth-order valence-electron chi connectivity index (χ4n) is 0.786. The molecule has 0 spiro atoms. The van der Waals surface area contributed by atoms with E-state index < -0.39 is 5.95 Å². The molecule has 0 aliphatic carbocycles. The maximum absolute atomic E-state index is 12.8. The first-order valence-corrected chi connectivity index (χ1v) is 3.62. The molecule has 1 heterocycles. The molecule has 13 heavy (non-hydrogen) atoms. The van der Waals surface area contributed by atoms with Crippen molar-refractivity contribution in [3.63, 3.8) is 0 Å². The van der Waals surface area contributed by atoms with Gasteiger partial charge >= 0.3 is 0 Å². The number of rotatable bonds is 3. The van der Waals surface area contributed by atoms with Gasteiger partial charge in [0.2, 0.25) is 5.95 Å². The predicted octanol–water partition coefficient (Wildman–Crippen LogP) is 2.54. The fraction of sp³-hybridized carbons (Fsp3) is 0.125. The van der Waals surface area contributed by atoms with Crippen molar-refractivity contribution in [1.29, 1.82) is 0 Å². The summed E-state index contributed by atoms with van der Waals surface area (Å²) in [5.74, 6) is -0.528. The third-order valence-electron chi connectivity index (χ3n) is 1.34. The maximum atomic E-state index is 12.8. The van der Waals surface area contributed by atoms with Gasteiger partial charge in [0.05, 0.1) is 0 Å². The number of azide groups is 1.